The monoisotopic (exact) mass is 392 g/mol. The van der Waals surface area contributed by atoms with Crippen LogP contribution in [-0.4, -0.2) is 47.0 Å². The van der Waals surface area contributed by atoms with Crippen molar-refractivity contribution in [3.63, 3.8) is 0 Å². The number of hydrogen-bond donors (Lipinski definition) is 0. The van der Waals surface area contributed by atoms with E-state index < -0.39 is 10.0 Å². The van der Waals surface area contributed by atoms with Crippen molar-refractivity contribution in [1.82, 2.24) is 18.9 Å². The van der Waals surface area contributed by atoms with Crippen molar-refractivity contribution >= 4 is 27.0 Å². The Labute approximate surface area is 156 Å². The van der Waals surface area contributed by atoms with Crippen LogP contribution < -0.4 is 4.74 Å². The van der Waals surface area contributed by atoms with Crippen LogP contribution in [-0.2, 0) is 10.0 Å². The van der Waals surface area contributed by atoms with Crippen LogP contribution in [0.1, 0.15) is 17.7 Å². The van der Waals surface area contributed by atoms with Crippen molar-refractivity contribution in [2.45, 2.75) is 24.0 Å². The fourth-order valence-electron chi connectivity index (χ4n) is 3.07. The van der Waals surface area contributed by atoms with Gasteiger partial charge >= 0.3 is 0 Å². The SMILES string of the molecule is Cc1ccc(S(=O)(=O)N2CCC(COc3ccc4nccn4n3)CC2)s1. The van der Waals surface area contributed by atoms with Gasteiger partial charge in [-0.1, -0.05) is 0 Å². The van der Waals surface area contributed by atoms with Gasteiger partial charge in [-0.3, -0.25) is 0 Å². The summed E-state index contributed by atoms with van der Waals surface area (Å²) in [6.45, 7) is 3.52. The molecule has 0 atom stereocenters. The van der Waals surface area contributed by atoms with E-state index in [1.54, 1.807) is 33.3 Å². The zero-order valence-electron chi connectivity index (χ0n) is 14.4. The van der Waals surface area contributed by atoms with E-state index in [1.165, 1.54) is 11.3 Å². The third kappa shape index (κ3) is 3.46. The number of fused-ring (bicyclic) bond motifs is 1. The van der Waals surface area contributed by atoms with Gasteiger partial charge in [0.15, 0.2) is 5.65 Å². The summed E-state index contributed by atoms with van der Waals surface area (Å²) in [5, 5.41) is 4.34. The zero-order chi connectivity index (χ0) is 18.1. The Balaban J connectivity index is 1.33. The van der Waals surface area contributed by atoms with E-state index in [-0.39, 0.29) is 0 Å². The van der Waals surface area contributed by atoms with E-state index in [4.69, 9.17) is 4.74 Å². The van der Waals surface area contributed by atoms with Crippen LogP contribution in [0.2, 0.25) is 0 Å². The highest BCUT2D eigenvalue weighted by atomic mass is 32.2. The minimum Gasteiger partial charge on any atom is -0.476 e. The topological polar surface area (TPSA) is 76.8 Å². The maximum Gasteiger partial charge on any atom is 0.252 e. The average Bonchev–Trinajstić information content (AvgIpc) is 3.29. The maximum absolute atomic E-state index is 12.7. The van der Waals surface area contributed by atoms with Crippen LogP contribution in [0.15, 0.2) is 40.9 Å². The van der Waals surface area contributed by atoms with Crippen molar-refractivity contribution in [3.05, 3.63) is 41.5 Å². The van der Waals surface area contributed by atoms with Crippen LogP contribution >= 0.6 is 11.3 Å². The van der Waals surface area contributed by atoms with Crippen LogP contribution in [0.5, 0.6) is 5.88 Å². The summed E-state index contributed by atoms with van der Waals surface area (Å²) < 4.78 is 34.8. The molecule has 0 saturated carbocycles. The molecule has 0 bridgehead atoms. The smallest absolute Gasteiger partial charge is 0.252 e. The minimum absolute atomic E-state index is 0.326. The second kappa shape index (κ2) is 6.98. The lowest BCUT2D eigenvalue weighted by Crippen LogP contribution is -2.39. The lowest BCUT2D eigenvalue weighted by Gasteiger charge is -2.30. The molecule has 4 rings (SSSR count). The molecule has 0 aromatic carbocycles. The van der Waals surface area contributed by atoms with Crippen LogP contribution in [0.25, 0.3) is 5.65 Å². The number of ether oxygens (including phenoxy) is 1. The van der Waals surface area contributed by atoms with E-state index in [0.29, 0.717) is 35.7 Å². The minimum atomic E-state index is -3.36. The molecule has 0 spiro atoms. The molecule has 1 fully saturated rings. The number of aryl methyl sites for hydroxylation is 1. The largest absolute Gasteiger partial charge is 0.476 e. The fraction of sp³-hybridized carbons (Fsp3) is 0.412. The summed E-state index contributed by atoms with van der Waals surface area (Å²) in [6.07, 6.45) is 5.04. The van der Waals surface area contributed by atoms with Gasteiger partial charge in [0.25, 0.3) is 10.0 Å². The highest BCUT2D eigenvalue weighted by molar-refractivity contribution is 7.91. The Bertz CT molecular complexity index is 1000. The number of thiophene rings is 1. The molecule has 138 valence electrons. The van der Waals surface area contributed by atoms with Crippen molar-refractivity contribution < 1.29 is 13.2 Å². The number of piperidine rings is 1. The summed E-state index contributed by atoms with van der Waals surface area (Å²) >= 11 is 1.33. The Morgan fingerprint density at radius 2 is 2.04 bits per heavy atom. The number of nitrogens with zero attached hydrogens (tertiary/aromatic N) is 4. The molecule has 0 radical (unpaired) electrons. The lowest BCUT2D eigenvalue weighted by molar-refractivity contribution is 0.179. The molecule has 1 aliphatic rings. The predicted molar refractivity (Wildman–Crippen MR) is 99.0 cm³/mol. The maximum atomic E-state index is 12.7. The first-order valence-electron chi connectivity index (χ1n) is 8.52. The number of imidazole rings is 1. The first-order chi connectivity index (χ1) is 12.5. The van der Waals surface area contributed by atoms with Gasteiger partial charge in [-0.15, -0.1) is 16.4 Å². The van der Waals surface area contributed by atoms with Gasteiger partial charge in [0.2, 0.25) is 5.88 Å². The molecular formula is C17H20N4O3S2. The van der Waals surface area contributed by atoms with Crippen molar-refractivity contribution in [2.24, 2.45) is 5.92 Å². The fourth-order valence-corrected chi connectivity index (χ4v) is 5.98. The molecule has 3 aromatic rings. The molecule has 26 heavy (non-hydrogen) atoms. The zero-order valence-corrected chi connectivity index (χ0v) is 16.0. The molecule has 9 heteroatoms. The van der Waals surface area contributed by atoms with Gasteiger partial charge in [-0.05, 0) is 43.9 Å². The van der Waals surface area contributed by atoms with E-state index in [0.717, 1.165) is 23.4 Å². The molecular weight excluding hydrogens is 372 g/mol. The van der Waals surface area contributed by atoms with Gasteiger partial charge < -0.3 is 4.74 Å². The van der Waals surface area contributed by atoms with Gasteiger partial charge in [0.1, 0.15) is 4.21 Å². The molecule has 1 saturated heterocycles. The second-order valence-corrected chi connectivity index (χ2v) is 9.88. The highest BCUT2D eigenvalue weighted by Gasteiger charge is 2.30. The van der Waals surface area contributed by atoms with Gasteiger partial charge in [-0.25, -0.2) is 17.9 Å². The summed E-state index contributed by atoms with van der Waals surface area (Å²) in [4.78, 5) is 5.16. The Morgan fingerprint density at radius 1 is 1.23 bits per heavy atom. The normalized spacial score (nSPS) is 17.0. The molecule has 1 aliphatic heterocycles. The van der Waals surface area contributed by atoms with Crippen molar-refractivity contribution in [3.8, 4) is 5.88 Å². The third-order valence-corrected chi connectivity index (χ3v) is 7.95. The van der Waals surface area contributed by atoms with Crippen LogP contribution in [0.4, 0.5) is 0 Å². The third-order valence-electron chi connectivity index (χ3n) is 4.58. The molecule has 0 unspecified atom stereocenters. The standard InChI is InChI=1S/C17H20N4O3S2/c1-13-2-5-17(25-13)26(22,23)20-9-6-14(7-10-20)12-24-16-4-3-15-18-8-11-21(15)19-16/h2-5,8,11,14H,6-7,9-10,12H2,1H3. The first-order valence-corrected chi connectivity index (χ1v) is 10.8. The molecule has 3 aromatic heterocycles. The summed E-state index contributed by atoms with van der Waals surface area (Å²) in [6, 6.07) is 7.21. The highest BCUT2D eigenvalue weighted by Crippen LogP contribution is 2.28. The molecule has 0 amide bonds. The second-order valence-electron chi connectivity index (χ2n) is 6.43. The van der Waals surface area contributed by atoms with E-state index in [2.05, 4.69) is 10.1 Å². The van der Waals surface area contributed by atoms with Crippen molar-refractivity contribution in [2.75, 3.05) is 19.7 Å². The van der Waals surface area contributed by atoms with Crippen molar-refractivity contribution in [1.29, 1.82) is 0 Å². The van der Waals surface area contributed by atoms with Gasteiger partial charge in [0, 0.05) is 36.4 Å². The van der Waals surface area contributed by atoms with Crippen LogP contribution in [0, 0.1) is 12.8 Å². The number of rotatable bonds is 5. The average molecular weight is 393 g/mol. The number of aromatic nitrogens is 3. The lowest BCUT2D eigenvalue weighted by atomic mass is 9.99. The molecule has 7 nitrogen and oxygen atoms in total. The molecule has 4 heterocycles. The quantitative estimate of drug-likeness (QED) is 0.667. The van der Waals surface area contributed by atoms with E-state index in [1.807, 2.05) is 19.1 Å². The number of sulfonamides is 1. The molecule has 0 N–H and O–H groups in total. The van der Waals surface area contributed by atoms with Gasteiger partial charge in [0.05, 0.1) is 6.61 Å². The molecule has 0 aliphatic carbocycles. The Morgan fingerprint density at radius 3 is 2.77 bits per heavy atom. The Hall–Kier alpha value is -1.97. The summed E-state index contributed by atoms with van der Waals surface area (Å²) in [5.41, 5.74) is 0.777. The first kappa shape index (κ1) is 17.4. The Kier molecular flexibility index (Phi) is 4.68. The number of hydrogen-bond acceptors (Lipinski definition) is 6. The van der Waals surface area contributed by atoms with Gasteiger partial charge in [-0.2, -0.15) is 4.31 Å². The van der Waals surface area contributed by atoms with E-state index >= 15 is 0 Å². The predicted octanol–water partition coefficient (Wildman–Crippen LogP) is 2.58. The summed E-state index contributed by atoms with van der Waals surface area (Å²) in [7, 11) is -3.36. The summed E-state index contributed by atoms with van der Waals surface area (Å²) in [5.74, 6) is 0.881. The van der Waals surface area contributed by atoms with E-state index in [9.17, 15) is 8.42 Å². The van der Waals surface area contributed by atoms with Crippen LogP contribution in [0.3, 0.4) is 0 Å².